The van der Waals surface area contributed by atoms with E-state index < -0.39 is 67.1 Å². The summed E-state index contributed by atoms with van der Waals surface area (Å²) in [5, 5.41) is 76.9. The molecular formula is C36H56N5O14+. The van der Waals surface area contributed by atoms with Gasteiger partial charge >= 0.3 is 11.9 Å². The smallest absolute Gasteiger partial charge is 0.343 e. The van der Waals surface area contributed by atoms with Crippen molar-refractivity contribution in [2.45, 2.75) is 81.3 Å². The number of carbonyl (C=O) groups excluding carboxylic acids is 1. The number of aliphatic carboxylic acids is 1. The second-order valence-electron chi connectivity index (χ2n) is 13.7. The van der Waals surface area contributed by atoms with Crippen LogP contribution in [0.25, 0.3) is 0 Å². The summed E-state index contributed by atoms with van der Waals surface area (Å²) in [5.74, 6) is -6.76. The van der Waals surface area contributed by atoms with Crippen molar-refractivity contribution in [1.29, 1.82) is 0 Å². The highest BCUT2D eigenvalue weighted by atomic mass is 16.8. The number of carboxylic acids is 1. The number of ether oxygens (including phenoxy) is 5. The standard InChI is InChI=1S/C36H55N5O14/c1-3-23-24(11-10-21-16-41(13-15-43)17-25(31(46)47)28(21)40-35(37)39-12-7-14-42)26(32(48)53-22-8-5-4-6-9-22)19-51-33(23)55-34-30(52-20-38-2)36(49,50)29(45)27(18-44)54-34/h3,10-11,17,19,22-24,27,29-30,33-34,38,42-45,49-50H,1,4-9,12-16,18,20H2,2H3,(H,46,47)(H3,37,39,40)/p+1/b11-10+/t23-,24+,27-,29-,30+,33+,34+/m1/s1. The van der Waals surface area contributed by atoms with E-state index in [1.807, 2.05) is 0 Å². The van der Waals surface area contributed by atoms with Gasteiger partial charge in [0, 0.05) is 24.6 Å². The first-order valence-corrected chi connectivity index (χ1v) is 18.4. The number of guanidine groups is 1. The van der Waals surface area contributed by atoms with Crippen molar-refractivity contribution < 1.29 is 73.9 Å². The van der Waals surface area contributed by atoms with E-state index in [1.165, 1.54) is 25.6 Å². The van der Waals surface area contributed by atoms with Crippen molar-refractivity contribution >= 4 is 17.9 Å². The number of esters is 1. The summed E-state index contributed by atoms with van der Waals surface area (Å²) in [7, 11) is 1.54. The molecule has 1 saturated heterocycles. The molecule has 2 fully saturated rings. The fourth-order valence-electron chi connectivity index (χ4n) is 6.85. The Morgan fingerprint density at radius 1 is 1.16 bits per heavy atom. The monoisotopic (exact) mass is 782 g/mol. The molecule has 19 nitrogen and oxygen atoms in total. The van der Waals surface area contributed by atoms with Gasteiger partial charge < -0.3 is 75.4 Å². The lowest BCUT2D eigenvalue weighted by molar-refractivity contribution is -0.843. The van der Waals surface area contributed by atoms with E-state index in [2.05, 4.69) is 22.2 Å². The van der Waals surface area contributed by atoms with E-state index in [1.54, 1.807) is 12.2 Å². The van der Waals surface area contributed by atoms with Gasteiger partial charge in [0.1, 0.15) is 43.2 Å². The van der Waals surface area contributed by atoms with Gasteiger partial charge in [-0.1, -0.05) is 24.6 Å². The van der Waals surface area contributed by atoms with Crippen LogP contribution in [0.2, 0.25) is 0 Å². The van der Waals surface area contributed by atoms with Gasteiger partial charge in [-0.2, -0.15) is 0 Å². The summed E-state index contributed by atoms with van der Waals surface area (Å²) in [6, 6.07) is 0. The number of hydrogen-bond donors (Lipinski definition) is 11. The average molecular weight is 783 g/mol. The molecule has 55 heavy (non-hydrogen) atoms. The molecule has 19 heteroatoms. The molecule has 4 rings (SSSR count). The molecule has 1 unspecified atom stereocenters. The minimum absolute atomic E-state index is 0.0889. The first-order valence-electron chi connectivity index (χ1n) is 18.4. The highest BCUT2D eigenvalue weighted by molar-refractivity contribution is 5.94. The van der Waals surface area contributed by atoms with E-state index in [0.29, 0.717) is 29.7 Å². The lowest BCUT2D eigenvalue weighted by Gasteiger charge is -2.47. The normalized spacial score (nSPS) is 30.3. The van der Waals surface area contributed by atoms with Crippen LogP contribution < -0.4 is 21.3 Å². The Kier molecular flexibility index (Phi) is 16.8. The minimum atomic E-state index is -2.94. The first-order chi connectivity index (χ1) is 26.4. The maximum atomic E-state index is 13.8. The van der Waals surface area contributed by atoms with Crippen molar-refractivity contribution in [2.75, 3.05) is 53.2 Å². The van der Waals surface area contributed by atoms with Crippen molar-refractivity contribution in [1.82, 2.24) is 10.6 Å². The zero-order valence-electron chi connectivity index (χ0n) is 30.9. The summed E-state index contributed by atoms with van der Waals surface area (Å²) in [4.78, 5) is 31.1. The quantitative estimate of drug-likeness (QED) is 0.0163. The number of carbonyl (C=O) groups is 2. The topological polar surface area (TPSA) is 289 Å². The molecule has 3 heterocycles. The zero-order chi connectivity index (χ0) is 40.1. The third-order valence-electron chi connectivity index (χ3n) is 9.74. The molecule has 0 bridgehead atoms. The summed E-state index contributed by atoms with van der Waals surface area (Å²) >= 11 is 0. The van der Waals surface area contributed by atoms with Crippen LogP contribution in [-0.2, 0) is 33.3 Å². The third-order valence-corrected chi connectivity index (χ3v) is 9.74. The number of hydrogen-bond acceptors (Lipinski definition) is 15. The molecule has 308 valence electrons. The molecule has 12 N–H and O–H groups in total. The maximum absolute atomic E-state index is 13.8. The van der Waals surface area contributed by atoms with E-state index in [9.17, 15) is 40.2 Å². The Morgan fingerprint density at radius 3 is 2.55 bits per heavy atom. The Balaban J connectivity index is 1.76. The second kappa shape index (κ2) is 21.0. The van der Waals surface area contributed by atoms with Crippen molar-refractivity contribution in [3.63, 3.8) is 0 Å². The largest absolute Gasteiger partial charge is 0.477 e. The molecule has 0 aromatic carbocycles. The summed E-state index contributed by atoms with van der Waals surface area (Å²) in [5.41, 5.74) is 6.61. The lowest BCUT2D eigenvalue weighted by Crippen LogP contribution is -3.09. The molecule has 0 aromatic heterocycles. The second-order valence-corrected chi connectivity index (χ2v) is 13.7. The maximum Gasteiger partial charge on any atom is 0.343 e. The van der Waals surface area contributed by atoms with Crippen LogP contribution in [0.15, 0.2) is 64.7 Å². The molecule has 1 saturated carbocycles. The Morgan fingerprint density at radius 2 is 1.91 bits per heavy atom. The fourth-order valence-corrected chi connectivity index (χ4v) is 6.85. The third kappa shape index (κ3) is 11.2. The molecule has 0 aromatic rings. The van der Waals surface area contributed by atoms with Crippen LogP contribution in [-0.4, -0.2) is 150 Å². The van der Waals surface area contributed by atoms with Crippen molar-refractivity contribution in [3.05, 3.63) is 59.7 Å². The molecule has 0 spiro atoms. The predicted octanol–water partition coefficient (Wildman–Crippen LogP) is -3.19. The molecule has 8 atom stereocenters. The Hall–Kier alpha value is -3.73. The number of nitrogens with two attached hydrogens (primary N) is 1. The molecule has 4 aliphatic rings. The minimum Gasteiger partial charge on any atom is -0.477 e. The van der Waals surface area contributed by atoms with Gasteiger partial charge in [0.25, 0.3) is 0 Å². The van der Waals surface area contributed by atoms with Crippen molar-refractivity contribution in [3.8, 4) is 0 Å². The van der Waals surface area contributed by atoms with E-state index in [0.717, 1.165) is 19.3 Å². The van der Waals surface area contributed by atoms with Gasteiger partial charge in [0.2, 0.25) is 12.1 Å². The molecule has 0 amide bonds. The average Bonchev–Trinajstić information content (AvgIpc) is 3.16. The molecule has 3 aliphatic heterocycles. The van der Waals surface area contributed by atoms with E-state index in [4.69, 9.17) is 34.5 Å². The number of nitrogens with one attached hydrogen (secondary N) is 3. The van der Waals surface area contributed by atoms with Crippen LogP contribution in [0.3, 0.4) is 0 Å². The highest BCUT2D eigenvalue weighted by Gasteiger charge is 2.57. The number of nitrogens with zero attached hydrogens (tertiary/aromatic N) is 1. The van der Waals surface area contributed by atoms with Gasteiger partial charge in [-0.25, -0.2) is 9.59 Å². The number of aliphatic hydroxyl groups excluding tert-OH is 4. The van der Waals surface area contributed by atoms with Crippen molar-refractivity contribution in [2.24, 2.45) is 22.6 Å². The van der Waals surface area contributed by atoms with Gasteiger partial charge in [-0.05, 0) is 39.2 Å². The van der Waals surface area contributed by atoms with Gasteiger partial charge in [-0.3, -0.25) is 10.3 Å². The Labute approximate surface area is 319 Å². The van der Waals surface area contributed by atoms with Gasteiger partial charge in [0.05, 0.1) is 43.4 Å². The summed E-state index contributed by atoms with van der Waals surface area (Å²) in [6.07, 6.45) is 3.46. The van der Waals surface area contributed by atoms with Gasteiger partial charge in [0.15, 0.2) is 18.4 Å². The van der Waals surface area contributed by atoms with Crippen LogP contribution in [0, 0.1) is 11.8 Å². The summed E-state index contributed by atoms with van der Waals surface area (Å²) in [6.45, 7) is 3.14. The van der Waals surface area contributed by atoms with Gasteiger partial charge in [-0.15, -0.1) is 6.58 Å². The molecule has 0 radical (unpaired) electrons. The van der Waals surface area contributed by atoms with Crippen LogP contribution in [0.5, 0.6) is 0 Å². The number of carboxylic acid groups (broad SMARTS) is 1. The predicted molar refractivity (Wildman–Crippen MR) is 193 cm³/mol. The zero-order valence-corrected chi connectivity index (χ0v) is 30.9. The number of aliphatic imine (C=N–C) groups is 1. The fraction of sp³-hybridized carbons (Fsp3) is 0.639. The SMILES string of the molecule is C=C[C@H]1[C@H](O[C@@H]2O[C@H](CO)[C@@H](O)C(O)(O)[C@H]2OCNC)OC=C(C(=O)OC2CCCCC2)[C@H]1/C=C/C1=C(NC(N)=NCCCO)C(C(=O)O)=C[NH+](CCO)C1. The number of rotatable bonds is 18. The van der Waals surface area contributed by atoms with Crippen LogP contribution in [0.1, 0.15) is 38.5 Å². The van der Waals surface area contributed by atoms with Crippen LogP contribution in [0.4, 0.5) is 0 Å². The highest BCUT2D eigenvalue weighted by Crippen LogP contribution is 2.39. The Bertz CT molecular complexity index is 1480. The number of allylic oxidation sites excluding steroid dienone is 1. The first kappa shape index (κ1) is 44.0. The van der Waals surface area contributed by atoms with E-state index in [-0.39, 0.29) is 68.5 Å². The molecular weight excluding hydrogens is 726 g/mol. The molecule has 1 aliphatic carbocycles. The lowest BCUT2D eigenvalue weighted by atomic mass is 9.83. The number of quaternary nitrogens is 1. The van der Waals surface area contributed by atoms with Crippen LogP contribution >= 0.6 is 0 Å². The summed E-state index contributed by atoms with van der Waals surface area (Å²) < 4.78 is 29.3. The number of aliphatic hydroxyl groups is 6. The van der Waals surface area contributed by atoms with E-state index >= 15 is 0 Å².